The second-order valence-electron chi connectivity index (χ2n) is 4.89. The fourth-order valence-electron chi connectivity index (χ4n) is 1.92. The van der Waals surface area contributed by atoms with Gasteiger partial charge in [0.05, 0.1) is 12.1 Å². The molecular weight excluding hydrogens is 230 g/mol. The zero-order valence-corrected chi connectivity index (χ0v) is 11.6. The Hall–Kier alpha value is -1.36. The number of hydrogen-bond donors (Lipinski definition) is 1. The van der Waals surface area contributed by atoms with Gasteiger partial charge in [0.15, 0.2) is 0 Å². The third-order valence-electron chi connectivity index (χ3n) is 3.06. The van der Waals surface area contributed by atoms with Crippen molar-refractivity contribution < 1.29 is 9.90 Å². The van der Waals surface area contributed by atoms with E-state index in [1.807, 2.05) is 30.8 Å². The molecule has 5 heteroatoms. The molecule has 1 unspecified atom stereocenters. The van der Waals surface area contributed by atoms with Crippen LogP contribution in [0.1, 0.15) is 45.9 Å². The summed E-state index contributed by atoms with van der Waals surface area (Å²) >= 11 is 0. The van der Waals surface area contributed by atoms with Crippen LogP contribution in [0.3, 0.4) is 0 Å². The molecule has 0 fully saturated rings. The third-order valence-corrected chi connectivity index (χ3v) is 3.06. The predicted molar refractivity (Wildman–Crippen MR) is 70.4 cm³/mol. The summed E-state index contributed by atoms with van der Waals surface area (Å²) < 4.78 is 1.92. The Bertz CT molecular complexity index is 387. The highest BCUT2D eigenvalue weighted by Gasteiger charge is 2.16. The average Bonchev–Trinajstić information content (AvgIpc) is 2.73. The van der Waals surface area contributed by atoms with Crippen LogP contribution in [0, 0.1) is 0 Å². The molecule has 0 saturated heterocycles. The second kappa shape index (κ2) is 6.54. The van der Waals surface area contributed by atoms with Gasteiger partial charge in [-0.25, -0.2) is 0 Å². The normalized spacial score (nSPS) is 13.2. The summed E-state index contributed by atoms with van der Waals surface area (Å²) in [6.07, 6.45) is 2.13. The van der Waals surface area contributed by atoms with Gasteiger partial charge >= 0.3 is 5.97 Å². The molecule has 0 saturated carbocycles. The Morgan fingerprint density at radius 2 is 2.17 bits per heavy atom. The van der Waals surface area contributed by atoms with Crippen molar-refractivity contribution in [2.24, 2.45) is 0 Å². The number of carboxylic acid groups (broad SMARTS) is 1. The van der Waals surface area contributed by atoms with E-state index in [0.717, 1.165) is 12.2 Å². The maximum atomic E-state index is 10.7. The van der Waals surface area contributed by atoms with E-state index in [1.54, 1.807) is 0 Å². The maximum absolute atomic E-state index is 10.7. The molecule has 0 aromatic carbocycles. The molecule has 18 heavy (non-hydrogen) atoms. The lowest BCUT2D eigenvalue weighted by atomic mass is 10.2. The minimum absolute atomic E-state index is 0.0247. The highest BCUT2D eigenvalue weighted by molar-refractivity contribution is 5.67. The van der Waals surface area contributed by atoms with Gasteiger partial charge in [-0.3, -0.25) is 14.4 Å². The fraction of sp³-hybridized carbons (Fsp3) is 0.692. The average molecular weight is 253 g/mol. The van der Waals surface area contributed by atoms with E-state index in [2.05, 4.69) is 23.8 Å². The van der Waals surface area contributed by atoms with Crippen LogP contribution in [-0.4, -0.2) is 38.3 Å². The van der Waals surface area contributed by atoms with Crippen molar-refractivity contribution in [2.45, 2.75) is 52.7 Å². The van der Waals surface area contributed by atoms with Crippen LogP contribution in [-0.2, 0) is 11.3 Å². The highest BCUT2D eigenvalue weighted by Crippen LogP contribution is 2.11. The summed E-state index contributed by atoms with van der Waals surface area (Å²) in [5.74, 6) is -0.756. The van der Waals surface area contributed by atoms with Gasteiger partial charge in [-0.15, -0.1) is 0 Å². The van der Waals surface area contributed by atoms with Crippen LogP contribution in [0.15, 0.2) is 12.3 Å². The summed E-state index contributed by atoms with van der Waals surface area (Å²) in [4.78, 5) is 12.9. The van der Waals surface area contributed by atoms with Crippen molar-refractivity contribution in [2.75, 3.05) is 6.54 Å². The molecule has 0 amide bonds. The molecule has 1 atom stereocenters. The molecule has 0 bridgehead atoms. The molecule has 1 heterocycles. The second-order valence-corrected chi connectivity index (χ2v) is 4.89. The molecular formula is C13H23N3O2. The fourth-order valence-corrected chi connectivity index (χ4v) is 1.92. The van der Waals surface area contributed by atoms with E-state index in [-0.39, 0.29) is 12.5 Å². The van der Waals surface area contributed by atoms with E-state index in [1.165, 1.54) is 0 Å². The van der Waals surface area contributed by atoms with Gasteiger partial charge in [-0.1, -0.05) is 6.92 Å². The van der Waals surface area contributed by atoms with Crippen molar-refractivity contribution in [1.82, 2.24) is 14.7 Å². The molecule has 1 N–H and O–H groups in total. The van der Waals surface area contributed by atoms with E-state index in [4.69, 9.17) is 5.11 Å². The van der Waals surface area contributed by atoms with Crippen molar-refractivity contribution in [3.05, 3.63) is 18.0 Å². The van der Waals surface area contributed by atoms with Gasteiger partial charge in [-0.2, -0.15) is 5.10 Å². The number of carbonyl (C=O) groups is 1. The van der Waals surface area contributed by atoms with Crippen LogP contribution in [0.4, 0.5) is 0 Å². The minimum atomic E-state index is -0.756. The lowest BCUT2D eigenvalue weighted by Gasteiger charge is -2.25. The number of hydrogen-bond acceptors (Lipinski definition) is 3. The molecule has 102 valence electrons. The summed E-state index contributed by atoms with van der Waals surface area (Å²) in [6, 6.07) is 2.37. The monoisotopic (exact) mass is 253 g/mol. The quantitative estimate of drug-likeness (QED) is 0.809. The van der Waals surface area contributed by atoms with Gasteiger partial charge < -0.3 is 5.11 Å². The van der Waals surface area contributed by atoms with Crippen LogP contribution in [0.5, 0.6) is 0 Å². The number of rotatable bonds is 7. The topological polar surface area (TPSA) is 58.4 Å². The first kappa shape index (κ1) is 14.7. The van der Waals surface area contributed by atoms with Gasteiger partial charge in [0.1, 0.15) is 0 Å². The smallest absolute Gasteiger partial charge is 0.304 e. The predicted octanol–water partition coefficient (Wildman–Crippen LogP) is 2.15. The Morgan fingerprint density at radius 1 is 1.50 bits per heavy atom. The summed E-state index contributed by atoms with van der Waals surface area (Å²) in [5.41, 5.74) is 0.989. The van der Waals surface area contributed by atoms with E-state index < -0.39 is 5.97 Å². The molecule has 0 aliphatic heterocycles. The van der Waals surface area contributed by atoms with Crippen molar-refractivity contribution in [3.63, 3.8) is 0 Å². The van der Waals surface area contributed by atoms with Crippen molar-refractivity contribution in [3.8, 4) is 0 Å². The Balaban J connectivity index is 2.64. The minimum Gasteiger partial charge on any atom is -0.481 e. The number of carboxylic acids is 1. The molecule has 0 aliphatic rings. The standard InChI is InChI=1S/C13H23N3O2/c1-5-15(11(4)8-13(17)18)9-12-6-7-16(14-12)10(2)3/h6-7,10-11H,5,8-9H2,1-4H3,(H,17,18). The first-order valence-electron chi connectivity index (χ1n) is 6.43. The van der Waals surface area contributed by atoms with E-state index >= 15 is 0 Å². The molecule has 0 spiro atoms. The van der Waals surface area contributed by atoms with Gasteiger partial charge in [-0.05, 0) is 33.4 Å². The number of aromatic nitrogens is 2. The molecule has 1 aromatic rings. The molecule has 1 aromatic heterocycles. The van der Waals surface area contributed by atoms with E-state index in [0.29, 0.717) is 12.6 Å². The molecule has 5 nitrogen and oxygen atoms in total. The maximum Gasteiger partial charge on any atom is 0.304 e. The molecule has 0 aliphatic carbocycles. The first-order chi connectivity index (χ1) is 8.43. The largest absolute Gasteiger partial charge is 0.481 e. The van der Waals surface area contributed by atoms with Gasteiger partial charge in [0, 0.05) is 24.8 Å². The molecule has 0 radical (unpaired) electrons. The van der Waals surface area contributed by atoms with Gasteiger partial charge in [0.25, 0.3) is 0 Å². The Kier molecular flexibility index (Phi) is 5.34. The van der Waals surface area contributed by atoms with Crippen LogP contribution in [0.25, 0.3) is 0 Å². The van der Waals surface area contributed by atoms with Crippen LogP contribution < -0.4 is 0 Å². The number of nitrogens with zero attached hydrogens (tertiary/aromatic N) is 3. The Labute approximate surface area is 108 Å². The van der Waals surface area contributed by atoms with Crippen LogP contribution in [0.2, 0.25) is 0 Å². The van der Waals surface area contributed by atoms with E-state index in [9.17, 15) is 4.79 Å². The third kappa shape index (κ3) is 4.14. The summed E-state index contributed by atoms with van der Waals surface area (Å²) in [5, 5.41) is 13.3. The lowest BCUT2D eigenvalue weighted by Crippen LogP contribution is -2.34. The zero-order chi connectivity index (χ0) is 13.7. The molecule has 1 rings (SSSR count). The van der Waals surface area contributed by atoms with Crippen molar-refractivity contribution >= 4 is 5.97 Å². The lowest BCUT2D eigenvalue weighted by molar-refractivity contribution is -0.138. The van der Waals surface area contributed by atoms with Crippen LogP contribution >= 0.6 is 0 Å². The summed E-state index contributed by atoms with van der Waals surface area (Å²) in [7, 11) is 0. The highest BCUT2D eigenvalue weighted by atomic mass is 16.4. The zero-order valence-electron chi connectivity index (χ0n) is 11.6. The summed E-state index contributed by atoms with van der Waals surface area (Å²) in [6.45, 7) is 9.67. The van der Waals surface area contributed by atoms with Crippen molar-refractivity contribution in [1.29, 1.82) is 0 Å². The SMILES string of the molecule is CCN(Cc1ccn(C(C)C)n1)C(C)CC(=O)O. The Morgan fingerprint density at radius 3 is 2.61 bits per heavy atom. The first-order valence-corrected chi connectivity index (χ1v) is 6.43. The van der Waals surface area contributed by atoms with Gasteiger partial charge in [0.2, 0.25) is 0 Å². The number of aliphatic carboxylic acids is 1.